The molecule has 0 aliphatic heterocycles. The molecule has 0 aromatic heterocycles. The van der Waals surface area contributed by atoms with Crippen LogP contribution in [0.25, 0.3) is 0 Å². The zero-order valence-corrected chi connectivity index (χ0v) is 9.49. The van der Waals surface area contributed by atoms with Crippen LogP contribution < -0.4 is 5.32 Å². The Morgan fingerprint density at radius 3 is 2.93 bits per heavy atom. The van der Waals surface area contributed by atoms with Gasteiger partial charge >= 0.3 is 0 Å². The highest BCUT2D eigenvalue weighted by molar-refractivity contribution is 8.04. The number of nitrogens with zero attached hydrogens (tertiary/aromatic N) is 1. The van der Waals surface area contributed by atoms with Crippen LogP contribution in [0.5, 0.6) is 0 Å². The Morgan fingerprint density at radius 2 is 2.36 bits per heavy atom. The molecule has 78 valence electrons. The highest BCUT2D eigenvalue weighted by Gasteiger charge is 2.07. The lowest BCUT2D eigenvalue weighted by Crippen LogP contribution is -2.13. The smallest absolute Gasteiger partial charge is 0.136 e. The highest BCUT2D eigenvalue weighted by atomic mass is 32.2. The van der Waals surface area contributed by atoms with Crippen LogP contribution in [0, 0.1) is 22.5 Å². The van der Waals surface area contributed by atoms with E-state index in [1.807, 2.05) is 12.4 Å². The number of thiocyanates is 1. The zero-order chi connectivity index (χ0) is 10.6. The van der Waals surface area contributed by atoms with Crippen LogP contribution in [-0.4, -0.2) is 25.6 Å². The standard InChI is InChI=1S/C10H16N2OS/c1-3-4-8-13-10(14-9-11)6-5-7-12-2/h10,12H,5-8H2,1-2H3. The van der Waals surface area contributed by atoms with Crippen LogP contribution in [0.1, 0.15) is 19.8 Å². The summed E-state index contributed by atoms with van der Waals surface area (Å²) in [4.78, 5) is 0. The van der Waals surface area contributed by atoms with Crippen molar-refractivity contribution < 1.29 is 4.74 Å². The average molecular weight is 212 g/mol. The van der Waals surface area contributed by atoms with Crippen molar-refractivity contribution in [1.29, 1.82) is 5.26 Å². The molecule has 1 unspecified atom stereocenters. The Labute approximate surface area is 90.2 Å². The van der Waals surface area contributed by atoms with Gasteiger partial charge in [0.05, 0.1) is 0 Å². The van der Waals surface area contributed by atoms with Crippen LogP contribution in [0.4, 0.5) is 0 Å². The molecule has 1 atom stereocenters. The van der Waals surface area contributed by atoms with E-state index in [4.69, 9.17) is 10.00 Å². The first-order valence-corrected chi connectivity index (χ1v) is 5.43. The molecule has 0 radical (unpaired) electrons. The molecule has 0 rings (SSSR count). The number of nitriles is 1. The Hall–Kier alpha value is -0.680. The van der Waals surface area contributed by atoms with Gasteiger partial charge < -0.3 is 10.1 Å². The fourth-order valence-electron chi connectivity index (χ4n) is 0.887. The molecule has 0 fully saturated rings. The normalized spacial score (nSPS) is 11.2. The monoisotopic (exact) mass is 212 g/mol. The van der Waals surface area contributed by atoms with E-state index < -0.39 is 0 Å². The minimum Gasteiger partial charge on any atom is -0.354 e. The SMILES string of the molecule is CC#CCOC(CCCNC)SC#N. The third kappa shape index (κ3) is 7.94. The molecular formula is C10H16N2OS. The number of hydrogen-bond donors (Lipinski definition) is 1. The van der Waals surface area contributed by atoms with Crippen LogP contribution in [0.15, 0.2) is 0 Å². The Kier molecular flexibility index (Phi) is 9.90. The molecule has 3 nitrogen and oxygen atoms in total. The summed E-state index contributed by atoms with van der Waals surface area (Å²) in [5.74, 6) is 5.57. The van der Waals surface area contributed by atoms with Gasteiger partial charge in [0.1, 0.15) is 17.4 Å². The van der Waals surface area contributed by atoms with Crippen LogP contribution in [-0.2, 0) is 4.74 Å². The van der Waals surface area contributed by atoms with Crippen molar-refractivity contribution in [2.24, 2.45) is 0 Å². The molecule has 0 saturated heterocycles. The third-order valence-corrected chi connectivity index (χ3v) is 2.31. The Bertz CT molecular complexity index is 227. The average Bonchev–Trinajstić information content (AvgIpc) is 2.18. The summed E-state index contributed by atoms with van der Waals surface area (Å²) >= 11 is 1.17. The molecule has 0 spiro atoms. The molecule has 0 aromatic rings. The van der Waals surface area contributed by atoms with Gasteiger partial charge in [-0.05, 0) is 45.1 Å². The molecule has 14 heavy (non-hydrogen) atoms. The van der Waals surface area contributed by atoms with Gasteiger partial charge in [0.2, 0.25) is 0 Å². The maximum Gasteiger partial charge on any atom is 0.136 e. The van der Waals surface area contributed by atoms with Crippen molar-refractivity contribution in [3.05, 3.63) is 0 Å². The van der Waals surface area contributed by atoms with E-state index in [1.54, 1.807) is 6.92 Å². The molecule has 0 heterocycles. The van der Waals surface area contributed by atoms with E-state index in [1.165, 1.54) is 11.8 Å². The number of rotatable bonds is 7. The van der Waals surface area contributed by atoms with Gasteiger partial charge in [0.15, 0.2) is 0 Å². The van der Waals surface area contributed by atoms with E-state index >= 15 is 0 Å². The topological polar surface area (TPSA) is 45.0 Å². The molecule has 0 amide bonds. The maximum absolute atomic E-state index is 8.53. The van der Waals surface area contributed by atoms with Crippen molar-refractivity contribution in [2.75, 3.05) is 20.2 Å². The minimum atomic E-state index is -0.0470. The largest absolute Gasteiger partial charge is 0.354 e. The second-order valence-corrected chi connectivity index (χ2v) is 3.57. The van der Waals surface area contributed by atoms with Crippen molar-refractivity contribution in [3.63, 3.8) is 0 Å². The maximum atomic E-state index is 8.53. The van der Waals surface area contributed by atoms with Crippen molar-refractivity contribution >= 4 is 11.8 Å². The molecule has 1 N–H and O–H groups in total. The van der Waals surface area contributed by atoms with E-state index in [-0.39, 0.29) is 5.44 Å². The number of hydrogen-bond acceptors (Lipinski definition) is 4. The minimum absolute atomic E-state index is 0.0470. The molecule has 0 bridgehead atoms. The molecule has 0 aliphatic rings. The van der Waals surface area contributed by atoms with Crippen molar-refractivity contribution in [1.82, 2.24) is 5.32 Å². The van der Waals surface area contributed by atoms with Crippen LogP contribution in [0.3, 0.4) is 0 Å². The lowest BCUT2D eigenvalue weighted by atomic mass is 10.3. The summed E-state index contributed by atoms with van der Waals surface area (Å²) in [6, 6.07) is 0. The van der Waals surface area contributed by atoms with Gasteiger partial charge in [-0.2, -0.15) is 5.26 Å². The summed E-state index contributed by atoms with van der Waals surface area (Å²) in [7, 11) is 1.91. The first kappa shape index (κ1) is 13.3. The predicted molar refractivity (Wildman–Crippen MR) is 59.6 cm³/mol. The lowest BCUT2D eigenvalue weighted by molar-refractivity contribution is 0.136. The number of thioether (sulfide) groups is 1. The summed E-state index contributed by atoms with van der Waals surface area (Å²) in [5, 5.41) is 13.6. The van der Waals surface area contributed by atoms with Crippen molar-refractivity contribution in [3.8, 4) is 17.2 Å². The van der Waals surface area contributed by atoms with E-state index in [2.05, 4.69) is 17.2 Å². The van der Waals surface area contributed by atoms with Gasteiger partial charge in [-0.3, -0.25) is 0 Å². The molecular weight excluding hydrogens is 196 g/mol. The quantitative estimate of drug-likeness (QED) is 0.301. The third-order valence-electron chi connectivity index (χ3n) is 1.57. The van der Waals surface area contributed by atoms with Crippen LogP contribution >= 0.6 is 11.8 Å². The number of nitrogens with one attached hydrogen (secondary N) is 1. The molecule has 0 aliphatic carbocycles. The van der Waals surface area contributed by atoms with Crippen molar-refractivity contribution in [2.45, 2.75) is 25.2 Å². The molecule has 4 heteroatoms. The van der Waals surface area contributed by atoms with Gasteiger partial charge in [-0.25, -0.2) is 0 Å². The lowest BCUT2D eigenvalue weighted by Gasteiger charge is -2.11. The Morgan fingerprint density at radius 1 is 1.57 bits per heavy atom. The summed E-state index contributed by atoms with van der Waals surface area (Å²) in [6.07, 6.45) is 1.89. The van der Waals surface area contributed by atoms with Gasteiger partial charge in [0, 0.05) is 0 Å². The van der Waals surface area contributed by atoms with E-state index in [9.17, 15) is 0 Å². The van der Waals surface area contributed by atoms with Gasteiger partial charge in [-0.15, -0.1) is 5.92 Å². The second-order valence-electron chi connectivity index (χ2n) is 2.62. The van der Waals surface area contributed by atoms with Gasteiger partial charge in [-0.1, -0.05) is 5.92 Å². The number of ether oxygens (including phenoxy) is 1. The summed E-state index contributed by atoms with van der Waals surface area (Å²) < 4.78 is 5.41. The molecule has 0 saturated carbocycles. The predicted octanol–water partition coefficient (Wildman–Crippen LogP) is 1.57. The van der Waals surface area contributed by atoms with E-state index in [0.29, 0.717) is 6.61 Å². The second kappa shape index (κ2) is 10.4. The van der Waals surface area contributed by atoms with Gasteiger partial charge in [0.25, 0.3) is 0 Å². The van der Waals surface area contributed by atoms with E-state index in [0.717, 1.165) is 19.4 Å². The Balaban J connectivity index is 3.64. The summed E-state index contributed by atoms with van der Waals surface area (Å²) in [5.41, 5.74) is -0.0470. The fourth-order valence-corrected chi connectivity index (χ4v) is 1.43. The fraction of sp³-hybridized carbons (Fsp3) is 0.700. The summed E-state index contributed by atoms with van der Waals surface area (Å²) in [6.45, 7) is 3.14. The first-order valence-electron chi connectivity index (χ1n) is 4.55. The first-order chi connectivity index (χ1) is 6.85. The highest BCUT2D eigenvalue weighted by Crippen LogP contribution is 2.15. The molecule has 0 aromatic carbocycles. The van der Waals surface area contributed by atoms with Crippen LogP contribution in [0.2, 0.25) is 0 Å². The zero-order valence-electron chi connectivity index (χ0n) is 8.67.